The number of nitrogens with one attached hydrogen (secondary N) is 1. The molecular weight excluding hydrogens is 244 g/mol. The summed E-state index contributed by atoms with van der Waals surface area (Å²) < 4.78 is 0. The molecule has 110 valence electrons. The minimum Gasteiger partial charge on any atom is -0.317 e. The summed E-state index contributed by atoms with van der Waals surface area (Å²) >= 11 is 0. The minimum absolute atomic E-state index is 0.743. The fraction of sp³-hybridized carbons (Fsp3) is 0.667. The molecule has 0 radical (unpaired) electrons. The van der Waals surface area contributed by atoms with Gasteiger partial charge in [-0.2, -0.15) is 0 Å². The molecule has 2 saturated heterocycles. The predicted molar refractivity (Wildman–Crippen MR) is 85.2 cm³/mol. The lowest BCUT2D eigenvalue weighted by molar-refractivity contribution is 0.200. The summed E-state index contributed by atoms with van der Waals surface area (Å²) in [6, 6.07) is 9.93. The fourth-order valence-electron chi connectivity index (χ4n) is 3.83. The summed E-state index contributed by atoms with van der Waals surface area (Å²) in [4.78, 5) is 2.74. The maximum Gasteiger partial charge on any atom is 0.00735 e. The van der Waals surface area contributed by atoms with Crippen LogP contribution >= 0.6 is 0 Å². The normalized spacial score (nSPS) is 28.9. The SMILES string of the molecule is Cc1ccc(C2CC(C)N(CC3CCNCC3)C2)cc1. The minimum atomic E-state index is 0.743. The first-order valence-electron chi connectivity index (χ1n) is 8.23. The Balaban J connectivity index is 1.59. The van der Waals surface area contributed by atoms with Crippen molar-refractivity contribution in [2.75, 3.05) is 26.2 Å². The van der Waals surface area contributed by atoms with Gasteiger partial charge >= 0.3 is 0 Å². The highest BCUT2D eigenvalue weighted by atomic mass is 15.2. The molecule has 2 fully saturated rings. The van der Waals surface area contributed by atoms with E-state index < -0.39 is 0 Å². The van der Waals surface area contributed by atoms with Crippen molar-refractivity contribution in [1.82, 2.24) is 10.2 Å². The van der Waals surface area contributed by atoms with Crippen molar-refractivity contribution in [3.05, 3.63) is 35.4 Å². The number of hydrogen-bond donors (Lipinski definition) is 1. The van der Waals surface area contributed by atoms with Crippen molar-refractivity contribution in [3.8, 4) is 0 Å². The van der Waals surface area contributed by atoms with Crippen molar-refractivity contribution >= 4 is 0 Å². The molecule has 2 aliphatic heterocycles. The van der Waals surface area contributed by atoms with Crippen molar-refractivity contribution in [1.29, 1.82) is 0 Å². The molecule has 2 nitrogen and oxygen atoms in total. The van der Waals surface area contributed by atoms with Crippen LogP contribution in [0.1, 0.15) is 43.2 Å². The van der Waals surface area contributed by atoms with Crippen molar-refractivity contribution in [2.24, 2.45) is 5.92 Å². The van der Waals surface area contributed by atoms with Gasteiger partial charge in [0, 0.05) is 19.1 Å². The highest BCUT2D eigenvalue weighted by Gasteiger charge is 2.31. The average molecular weight is 272 g/mol. The summed E-state index contributed by atoms with van der Waals surface area (Å²) in [6.45, 7) is 9.58. The lowest BCUT2D eigenvalue weighted by Crippen LogP contribution is -2.37. The van der Waals surface area contributed by atoms with E-state index >= 15 is 0 Å². The van der Waals surface area contributed by atoms with Crippen molar-refractivity contribution in [2.45, 2.75) is 45.1 Å². The van der Waals surface area contributed by atoms with Crippen LogP contribution in [0.2, 0.25) is 0 Å². The summed E-state index contributed by atoms with van der Waals surface area (Å²) in [7, 11) is 0. The third-order valence-electron chi connectivity index (χ3n) is 5.20. The monoisotopic (exact) mass is 272 g/mol. The molecule has 1 aromatic carbocycles. The van der Waals surface area contributed by atoms with Gasteiger partial charge in [0.25, 0.3) is 0 Å². The van der Waals surface area contributed by atoms with Gasteiger partial charge in [-0.25, -0.2) is 0 Å². The van der Waals surface area contributed by atoms with Crippen LogP contribution in [0.25, 0.3) is 0 Å². The van der Waals surface area contributed by atoms with E-state index in [9.17, 15) is 0 Å². The topological polar surface area (TPSA) is 15.3 Å². The molecule has 0 amide bonds. The van der Waals surface area contributed by atoms with Gasteiger partial charge in [-0.15, -0.1) is 0 Å². The largest absolute Gasteiger partial charge is 0.317 e. The quantitative estimate of drug-likeness (QED) is 0.909. The summed E-state index contributed by atoms with van der Waals surface area (Å²) in [6.07, 6.45) is 4.05. The molecule has 1 N–H and O–H groups in total. The maximum atomic E-state index is 3.47. The molecule has 2 heterocycles. The van der Waals surface area contributed by atoms with Gasteiger partial charge in [0.2, 0.25) is 0 Å². The summed E-state index contributed by atoms with van der Waals surface area (Å²) in [5.74, 6) is 1.66. The number of piperidine rings is 1. The second-order valence-corrected chi connectivity index (χ2v) is 6.84. The standard InChI is InChI=1S/C18H28N2/c1-14-3-5-17(6-4-14)18-11-15(2)20(13-18)12-16-7-9-19-10-8-16/h3-6,15-16,18-19H,7-13H2,1-2H3. The zero-order valence-electron chi connectivity index (χ0n) is 12.9. The Hall–Kier alpha value is -0.860. The van der Waals surface area contributed by atoms with Crippen LogP contribution < -0.4 is 5.32 Å². The molecular formula is C18H28N2. The lowest BCUT2D eigenvalue weighted by Gasteiger charge is -2.29. The molecule has 1 aromatic rings. The molecule has 0 aliphatic carbocycles. The maximum absolute atomic E-state index is 3.47. The number of likely N-dealkylation sites (tertiary alicyclic amines) is 1. The Morgan fingerprint density at radius 3 is 2.55 bits per heavy atom. The first-order chi connectivity index (χ1) is 9.72. The molecule has 2 unspecified atom stereocenters. The zero-order valence-corrected chi connectivity index (χ0v) is 12.9. The molecule has 0 bridgehead atoms. The third kappa shape index (κ3) is 3.24. The third-order valence-corrected chi connectivity index (χ3v) is 5.20. The molecule has 2 aliphatic rings. The van der Waals surface area contributed by atoms with Crippen molar-refractivity contribution < 1.29 is 0 Å². The second kappa shape index (κ2) is 6.28. The van der Waals surface area contributed by atoms with Crippen LogP contribution in [0, 0.1) is 12.8 Å². The van der Waals surface area contributed by atoms with Gasteiger partial charge in [0.05, 0.1) is 0 Å². The van der Waals surface area contributed by atoms with Gasteiger partial charge in [-0.05, 0) is 63.6 Å². The Bertz CT molecular complexity index is 420. The first kappa shape index (κ1) is 14.1. The highest BCUT2D eigenvalue weighted by molar-refractivity contribution is 5.26. The zero-order chi connectivity index (χ0) is 13.9. The number of nitrogens with zero attached hydrogens (tertiary/aromatic N) is 1. The Kier molecular flexibility index (Phi) is 4.42. The van der Waals surface area contributed by atoms with E-state index in [1.165, 1.54) is 56.6 Å². The van der Waals surface area contributed by atoms with E-state index in [0.717, 1.165) is 17.9 Å². The molecule has 0 saturated carbocycles. The van der Waals surface area contributed by atoms with E-state index in [-0.39, 0.29) is 0 Å². The van der Waals surface area contributed by atoms with E-state index in [0.29, 0.717) is 0 Å². The average Bonchev–Trinajstić information content (AvgIpc) is 2.82. The smallest absolute Gasteiger partial charge is 0.00735 e. The van der Waals surface area contributed by atoms with E-state index in [4.69, 9.17) is 0 Å². The first-order valence-corrected chi connectivity index (χ1v) is 8.23. The van der Waals surface area contributed by atoms with Gasteiger partial charge in [-0.3, -0.25) is 4.90 Å². The van der Waals surface area contributed by atoms with Crippen LogP contribution in [-0.4, -0.2) is 37.1 Å². The summed E-state index contributed by atoms with van der Waals surface area (Å²) in [5.41, 5.74) is 2.90. The highest BCUT2D eigenvalue weighted by Crippen LogP contribution is 2.32. The predicted octanol–water partition coefficient (Wildman–Crippen LogP) is 3.17. The van der Waals surface area contributed by atoms with E-state index in [1.807, 2.05) is 0 Å². The van der Waals surface area contributed by atoms with Gasteiger partial charge in [0.1, 0.15) is 0 Å². The second-order valence-electron chi connectivity index (χ2n) is 6.84. The molecule has 2 atom stereocenters. The molecule has 20 heavy (non-hydrogen) atoms. The lowest BCUT2D eigenvalue weighted by atomic mass is 9.96. The Morgan fingerprint density at radius 2 is 1.85 bits per heavy atom. The van der Waals surface area contributed by atoms with Gasteiger partial charge in [0.15, 0.2) is 0 Å². The molecule has 0 spiro atoms. The molecule has 0 aromatic heterocycles. The van der Waals surface area contributed by atoms with Crippen LogP contribution in [0.5, 0.6) is 0 Å². The number of aryl methyl sites for hydroxylation is 1. The van der Waals surface area contributed by atoms with E-state index in [1.54, 1.807) is 0 Å². The number of rotatable bonds is 3. The molecule has 2 heteroatoms. The number of hydrogen-bond acceptors (Lipinski definition) is 2. The van der Waals surface area contributed by atoms with Crippen LogP contribution in [-0.2, 0) is 0 Å². The Labute approximate surface area is 123 Å². The van der Waals surface area contributed by atoms with Crippen LogP contribution in [0.3, 0.4) is 0 Å². The summed E-state index contributed by atoms with van der Waals surface area (Å²) in [5, 5.41) is 3.47. The molecule has 3 rings (SSSR count). The fourth-order valence-corrected chi connectivity index (χ4v) is 3.83. The van der Waals surface area contributed by atoms with Crippen LogP contribution in [0.4, 0.5) is 0 Å². The van der Waals surface area contributed by atoms with E-state index in [2.05, 4.69) is 48.3 Å². The van der Waals surface area contributed by atoms with Crippen LogP contribution in [0.15, 0.2) is 24.3 Å². The van der Waals surface area contributed by atoms with Crippen molar-refractivity contribution in [3.63, 3.8) is 0 Å². The number of benzene rings is 1. The Morgan fingerprint density at radius 1 is 1.15 bits per heavy atom. The van der Waals surface area contributed by atoms with Gasteiger partial charge in [-0.1, -0.05) is 29.8 Å². The van der Waals surface area contributed by atoms with Gasteiger partial charge < -0.3 is 5.32 Å².